The van der Waals surface area contributed by atoms with Crippen LogP contribution in [0.1, 0.15) is 22.7 Å². The molecule has 0 bridgehead atoms. The first-order valence-electron chi connectivity index (χ1n) is 8.65. The summed E-state index contributed by atoms with van der Waals surface area (Å²) < 4.78 is 13.3. The van der Waals surface area contributed by atoms with E-state index >= 15 is 0 Å². The van der Waals surface area contributed by atoms with E-state index in [4.69, 9.17) is 23.2 Å². The molecule has 4 rings (SSSR count). The molecular weight excluding hydrogens is 398 g/mol. The van der Waals surface area contributed by atoms with Gasteiger partial charge in [-0.2, -0.15) is 0 Å². The van der Waals surface area contributed by atoms with Crippen LogP contribution >= 0.6 is 23.2 Å². The van der Waals surface area contributed by atoms with E-state index in [1.807, 2.05) is 24.3 Å². The van der Waals surface area contributed by atoms with Crippen molar-refractivity contribution < 1.29 is 9.50 Å². The van der Waals surface area contributed by atoms with Crippen LogP contribution < -0.4 is 0 Å². The number of fused-ring (bicyclic) bond motifs is 1. The summed E-state index contributed by atoms with van der Waals surface area (Å²) in [7, 11) is 0. The molecule has 0 fully saturated rings. The van der Waals surface area contributed by atoms with E-state index in [0.29, 0.717) is 33.2 Å². The summed E-state index contributed by atoms with van der Waals surface area (Å²) in [5, 5.41) is 12.8. The highest BCUT2D eigenvalue weighted by atomic mass is 35.5. The van der Waals surface area contributed by atoms with Gasteiger partial charge in [-0.1, -0.05) is 41.4 Å². The SMILES string of the molecule is Oc1c(C(Cc2ccc(F)cn2)c2cc(Cl)ccc2Cl)ccc2cccnc12. The predicted molar refractivity (Wildman–Crippen MR) is 110 cm³/mol. The molecule has 28 heavy (non-hydrogen) atoms. The molecule has 3 nitrogen and oxygen atoms in total. The van der Waals surface area contributed by atoms with Crippen LogP contribution in [0.2, 0.25) is 10.0 Å². The summed E-state index contributed by atoms with van der Waals surface area (Å²) >= 11 is 12.7. The molecule has 0 saturated heterocycles. The molecule has 0 aliphatic carbocycles. The third-order valence-corrected chi connectivity index (χ3v) is 5.27. The fraction of sp³-hybridized carbons (Fsp3) is 0.0909. The Morgan fingerprint density at radius 2 is 1.82 bits per heavy atom. The van der Waals surface area contributed by atoms with E-state index in [2.05, 4.69) is 9.97 Å². The summed E-state index contributed by atoms with van der Waals surface area (Å²) in [6.45, 7) is 0. The number of nitrogens with zero attached hydrogens (tertiary/aromatic N) is 2. The third kappa shape index (κ3) is 3.66. The van der Waals surface area contributed by atoms with Crippen LogP contribution in [0.25, 0.3) is 10.9 Å². The van der Waals surface area contributed by atoms with Gasteiger partial charge in [0.15, 0.2) is 0 Å². The van der Waals surface area contributed by atoms with E-state index in [9.17, 15) is 9.50 Å². The Morgan fingerprint density at radius 1 is 0.964 bits per heavy atom. The van der Waals surface area contributed by atoms with Crippen LogP contribution in [0.5, 0.6) is 5.75 Å². The highest BCUT2D eigenvalue weighted by molar-refractivity contribution is 6.33. The average molecular weight is 413 g/mol. The van der Waals surface area contributed by atoms with E-state index in [-0.39, 0.29) is 11.7 Å². The molecule has 0 aliphatic rings. The molecule has 4 aromatic rings. The van der Waals surface area contributed by atoms with Crippen molar-refractivity contribution in [2.24, 2.45) is 0 Å². The molecule has 1 atom stereocenters. The zero-order valence-electron chi connectivity index (χ0n) is 14.6. The van der Waals surface area contributed by atoms with Crippen LogP contribution in [0, 0.1) is 5.82 Å². The minimum absolute atomic E-state index is 0.0845. The van der Waals surface area contributed by atoms with Gasteiger partial charge in [0.05, 0.1) is 6.20 Å². The first kappa shape index (κ1) is 18.7. The molecule has 2 aromatic heterocycles. The zero-order chi connectivity index (χ0) is 19.7. The second-order valence-corrected chi connectivity index (χ2v) is 7.31. The van der Waals surface area contributed by atoms with Gasteiger partial charge in [0.2, 0.25) is 0 Å². The summed E-state index contributed by atoms with van der Waals surface area (Å²) in [5.74, 6) is -0.657. The van der Waals surface area contributed by atoms with Crippen molar-refractivity contribution in [1.82, 2.24) is 9.97 Å². The number of hydrogen-bond acceptors (Lipinski definition) is 3. The number of phenolic OH excluding ortho intramolecular Hbond substituents is 1. The van der Waals surface area contributed by atoms with Gasteiger partial charge < -0.3 is 5.11 Å². The third-order valence-electron chi connectivity index (χ3n) is 4.69. The maximum atomic E-state index is 13.3. The lowest BCUT2D eigenvalue weighted by Gasteiger charge is -2.21. The molecular formula is C22H15Cl2FN2O. The molecule has 1 unspecified atom stereocenters. The van der Waals surface area contributed by atoms with Gasteiger partial charge >= 0.3 is 0 Å². The zero-order valence-corrected chi connectivity index (χ0v) is 16.1. The summed E-state index contributed by atoms with van der Waals surface area (Å²) in [6, 6.07) is 15.6. The minimum atomic E-state index is -0.404. The first-order valence-corrected chi connectivity index (χ1v) is 9.40. The van der Waals surface area contributed by atoms with E-state index in [1.165, 1.54) is 12.3 Å². The maximum Gasteiger partial charge on any atom is 0.145 e. The lowest BCUT2D eigenvalue weighted by Crippen LogP contribution is -2.08. The van der Waals surface area contributed by atoms with Crippen molar-refractivity contribution >= 4 is 34.1 Å². The fourth-order valence-electron chi connectivity index (χ4n) is 3.33. The molecule has 0 spiro atoms. The lowest BCUT2D eigenvalue weighted by molar-refractivity contribution is 0.469. The van der Waals surface area contributed by atoms with Crippen molar-refractivity contribution in [3.8, 4) is 5.75 Å². The minimum Gasteiger partial charge on any atom is -0.505 e. The summed E-state index contributed by atoms with van der Waals surface area (Å²) in [4.78, 5) is 8.47. The largest absolute Gasteiger partial charge is 0.505 e. The second-order valence-electron chi connectivity index (χ2n) is 6.47. The van der Waals surface area contributed by atoms with Crippen molar-refractivity contribution in [2.75, 3.05) is 0 Å². The highest BCUT2D eigenvalue weighted by Gasteiger charge is 2.23. The van der Waals surface area contributed by atoms with Crippen molar-refractivity contribution in [3.05, 3.63) is 99.7 Å². The number of aromatic hydroxyl groups is 1. The molecule has 0 amide bonds. The number of phenols is 1. The van der Waals surface area contributed by atoms with Crippen molar-refractivity contribution in [1.29, 1.82) is 0 Å². The standard InChI is InChI=1S/C22H15Cl2FN2O/c23-14-4-8-20(24)19(10-14)18(11-16-6-5-15(25)12-27-16)17-7-3-13-2-1-9-26-21(13)22(17)28/h1-10,12,18,28H,11H2. The van der Waals surface area contributed by atoms with Gasteiger partial charge in [0.1, 0.15) is 17.1 Å². The van der Waals surface area contributed by atoms with E-state index < -0.39 is 5.82 Å². The summed E-state index contributed by atoms with van der Waals surface area (Å²) in [5.41, 5.74) is 2.59. The van der Waals surface area contributed by atoms with Crippen molar-refractivity contribution in [2.45, 2.75) is 12.3 Å². The van der Waals surface area contributed by atoms with Gasteiger partial charge in [-0.3, -0.25) is 9.97 Å². The first-order chi connectivity index (χ1) is 13.5. The molecule has 140 valence electrons. The predicted octanol–water partition coefficient (Wildman–Crippen LogP) is 6.16. The number of pyridine rings is 2. The molecule has 1 N–H and O–H groups in total. The van der Waals surface area contributed by atoms with E-state index in [0.717, 1.165) is 10.9 Å². The maximum absolute atomic E-state index is 13.3. The normalized spacial score (nSPS) is 12.2. The molecule has 2 aromatic carbocycles. The van der Waals surface area contributed by atoms with Gasteiger partial charge in [0.25, 0.3) is 0 Å². The van der Waals surface area contributed by atoms with Crippen LogP contribution in [0.15, 0.2) is 67.0 Å². The topological polar surface area (TPSA) is 46.0 Å². The van der Waals surface area contributed by atoms with Gasteiger partial charge in [0, 0.05) is 45.2 Å². The Hall–Kier alpha value is -2.69. The molecule has 0 saturated carbocycles. The number of hydrogen-bond donors (Lipinski definition) is 1. The molecule has 2 heterocycles. The van der Waals surface area contributed by atoms with Gasteiger partial charge in [-0.05, 0) is 42.0 Å². The van der Waals surface area contributed by atoms with Crippen LogP contribution in [-0.2, 0) is 6.42 Å². The van der Waals surface area contributed by atoms with E-state index in [1.54, 1.807) is 30.5 Å². The summed E-state index contributed by atoms with van der Waals surface area (Å²) in [6.07, 6.45) is 3.22. The van der Waals surface area contributed by atoms with Crippen molar-refractivity contribution in [3.63, 3.8) is 0 Å². The van der Waals surface area contributed by atoms with Gasteiger partial charge in [-0.25, -0.2) is 4.39 Å². The monoisotopic (exact) mass is 412 g/mol. The Balaban J connectivity index is 1.88. The van der Waals surface area contributed by atoms with Gasteiger partial charge in [-0.15, -0.1) is 0 Å². The Bertz CT molecular complexity index is 1150. The highest BCUT2D eigenvalue weighted by Crippen LogP contribution is 2.40. The quantitative estimate of drug-likeness (QED) is 0.436. The smallest absolute Gasteiger partial charge is 0.145 e. The van der Waals surface area contributed by atoms with Crippen LogP contribution in [0.3, 0.4) is 0 Å². The fourth-order valence-corrected chi connectivity index (χ4v) is 3.76. The molecule has 0 aliphatic heterocycles. The number of rotatable bonds is 4. The second kappa shape index (κ2) is 7.74. The average Bonchev–Trinajstić information content (AvgIpc) is 2.70. The Labute approximate surface area is 171 Å². The number of aromatic nitrogens is 2. The number of halogens is 3. The van der Waals surface area contributed by atoms with Crippen LogP contribution in [-0.4, -0.2) is 15.1 Å². The Kier molecular flexibility index (Phi) is 5.16. The van der Waals surface area contributed by atoms with Crippen LogP contribution in [0.4, 0.5) is 4.39 Å². The molecule has 6 heteroatoms. The molecule has 0 radical (unpaired) electrons. The lowest BCUT2D eigenvalue weighted by atomic mass is 9.86. The Morgan fingerprint density at radius 3 is 2.61 bits per heavy atom. The number of benzene rings is 2.